The maximum Gasteiger partial charge on any atom is 0.226 e. The second-order valence-electron chi connectivity index (χ2n) is 8.24. The van der Waals surface area contributed by atoms with Gasteiger partial charge in [0.05, 0.1) is 5.69 Å². The van der Waals surface area contributed by atoms with Crippen molar-refractivity contribution in [1.82, 2.24) is 15.6 Å². The highest BCUT2D eigenvalue weighted by atomic mass is 16.5. The molecule has 1 aliphatic heterocycles. The van der Waals surface area contributed by atoms with Crippen LogP contribution in [0, 0.1) is 6.92 Å². The summed E-state index contributed by atoms with van der Waals surface area (Å²) >= 11 is 0. The lowest BCUT2D eigenvalue weighted by molar-refractivity contribution is 0.306. The molecule has 7 nitrogen and oxygen atoms in total. The van der Waals surface area contributed by atoms with Crippen molar-refractivity contribution in [2.24, 2.45) is 10.7 Å². The van der Waals surface area contributed by atoms with E-state index in [1.807, 2.05) is 67.6 Å². The number of nitrogens with one attached hydrogen (secondary N) is 2. The fourth-order valence-electron chi connectivity index (χ4n) is 3.53. The first-order valence-corrected chi connectivity index (χ1v) is 11.3. The van der Waals surface area contributed by atoms with Crippen LogP contribution in [0.25, 0.3) is 11.5 Å². The fourth-order valence-corrected chi connectivity index (χ4v) is 3.53. The number of hydrogen-bond acceptors (Lipinski definition) is 7. The molecule has 0 fully saturated rings. The standard InChI is InChI=1S/C26H31N5O2/c1-3-4-15-28-25-29-16-14-26(27,31-25)17-23-19(2)30-24(33-23)21-10-12-22(13-11-21)32-18-20-8-6-5-7-9-20/h5-14,16H,3-4,15,17-18,27H2,1-2H3,(H2,28,29,31). The van der Waals surface area contributed by atoms with E-state index < -0.39 is 5.66 Å². The molecular formula is C26H31N5O2. The van der Waals surface area contributed by atoms with Gasteiger partial charge in [-0.05, 0) is 49.2 Å². The highest BCUT2D eigenvalue weighted by Gasteiger charge is 2.29. The largest absolute Gasteiger partial charge is 0.489 e. The van der Waals surface area contributed by atoms with Crippen molar-refractivity contribution in [3.63, 3.8) is 0 Å². The summed E-state index contributed by atoms with van der Waals surface area (Å²) in [6, 6.07) is 17.9. The van der Waals surface area contributed by atoms with E-state index in [0.29, 0.717) is 24.9 Å². The van der Waals surface area contributed by atoms with Crippen LogP contribution in [0.1, 0.15) is 36.8 Å². The summed E-state index contributed by atoms with van der Waals surface area (Å²) in [5, 5.41) is 6.56. The van der Waals surface area contributed by atoms with Crippen molar-refractivity contribution in [3.05, 3.63) is 83.9 Å². The minimum atomic E-state index is -0.799. The Bertz CT molecular complexity index is 1110. The van der Waals surface area contributed by atoms with Gasteiger partial charge in [0.2, 0.25) is 5.89 Å². The maximum absolute atomic E-state index is 6.58. The Morgan fingerprint density at radius 2 is 1.91 bits per heavy atom. The van der Waals surface area contributed by atoms with Crippen LogP contribution in [0.2, 0.25) is 0 Å². The fraction of sp³-hybridized carbons (Fsp3) is 0.308. The van der Waals surface area contributed by atoms with Gasteiger partial charge in [-0.2, -0.15) is 0 Å². The summed E-state index contributed by atoms with van der Waals surface area (Å²) in [4.78, 5) is 8.95. The molecule has 0 amide bonds. The van der Waals surface area contributed by atoms with Crippen molar-refractivity contribution in [1.29, 1.82) is 0 Å². The van der Waals surface area contributed by atoms with E-state index in [1.54, 1.807) is 6.20 Å². The molecule has 0 saturated heterocycles. The molecule has 1 unspecified atom stereocenters. The molecule has 1 atom stereocenters. The highest BCUT2D eigenvalue weighted by molar-refractivity contribution is 5.82. The lowest BCUT2D eigenvalue weighted by atomic mass is 10.0. The van der Waals surface area contributed by atoms with Gasteiger partial charge in [0.1, 0.15) is 23.8 Å². The van der Waals surface area contributed by atoms with Gasteiger partial charge in [0.15, 0.2) is 5.96 Å². The Balaban J connectivity index is 1.39. The first-order valence-electron chi connectivity index (χ1n) is 11.3. The Morgan fingerprint density at radius 1 is 1.12 bits per heavy atom. The molecule has 0 bridgehead atoms. The predicted molar refractivity (Wildman–Crippen MR) is 131 cm³/mol. The quantitative estimate of drug-likeness (QED) is 0.425. The Hall–Kier alpha value is -3.58. The summed E-state index contributed by atoms with van der Waals surface area (Å²) in [6.07, 6.45) is 6.21. The molecule has 2 aromatic carbocycles. The zero-order chi connectivity index (χ0) is 23.1. The molecule has 7 heteroatoms. The second kappa shape index (κ2) is 10.4. The van der Waals surface area contributed by atoms with Gasteiger partial charge in [0, 0.05) is 24.7 Å². The molecule has 172 valence electrons. The molecule has 3 aromatic rings. The third-order valence-electron chi connectivity index (χ3n) is 5.44. The van der Waals surface area contributed by atoms with E-state index in [0.717, 1.165) is 47.7 Å². The molecule has 4 N–H and O–H groups in total. The number of rotatable bonds is 9. The predicted octanol–water partition coefficient (Wildman–Crippen LogP) is 4.29. The topological polar surface area (TPSA) is 97.7 Å². The number of aryl methyl sites for hydroxylation is 1. The summed E-state index contributed by atoms with van der Waals surface area (Å²) < 4.78 is 12.0. The number of guanidine groups is 1. The number of nitrogens with two attached hydrogens (primary N) is 1. The Morgan fingerprint density at radius 3 is 2.67 bits per heavy atom. The third kappa shape index (κ3) is 6.02. The van der Waals surface area contributed by atoms with Crippen LogP contribution in [0.4, 0.5) is 0 Å². The average Bonchev–Trinajstić information content (AvgIpc) is 3.18. The summed E-state index contributed by atoms with van der Waals surface area (Å²) in [5.41, 5.74) is 8.62. The van der Waals surface area contributed by atoms with Gasteiger partial charge >= 0.3 is 0 Å². The molecule has 0 spiro atoms. The van der Waals surface area contributed by atoms with Crippen LogP contribution in [0.15, 0.2) is 76.3 Å². The van der Waals surface area contributed by atoms with Crippen LogP contribution in [-0.2, 0) is 13.0 Å². The Labute approximate surface area is 194 Å². The number of ether oxygens (including phenoxy) is 1. The van der Waals surface area contributed by atoms with E-state index in [4.69, 9.17) is 14.9 Å². The van der Waals surface area contributed by atoms with Crippen LogP contribution in [-0.4, -0.2) is 23.2 Å². The minimum absolute atomic E-state index is 0.453. The molecule has 0 aliphatic carbocycles. The van der Waals surface area contributed by atoms with Crippen molar-refractivity contribution < 1.29 is 9.15 Å². The minimum Gasteiger partial charge on any atom is -0.489 e. The molecular weight excluding hydrogens is 414 g/mol. The zero-order valence-corrected chi connectivity index (χ0v) is 19.2. The maximum atomic E-state index is 6.58. The number of oxazole rings is 1. The van der Waals surface area contributed by atoms with Gasteiger partial charge in [-0.1, -0.05) is 43.7 Å². The first-order chi connectivity index (χ1) is 16.0. The van der Waals surface area contributed by atoms with E-state index >= 15 is 0 Å². The lowest BCUT2D eigenvalue weighted by Gasteiger charge is -2.30. The summed E-state index contributed by atoms with van der Waals surface area (Å²) in [6.45, 7) is 5.47. The van der Waals surface area contributed by atoms with Crippen molar-refractivity contribution in [2.75, 3.05) is 6.54 Å². The van der Waals surface area contributed by atoms with Crippen LogP contribution < -0.4 is 21.1 Å². The van der Waals surface area contributed by atoms with E-state index in [2.05, 4.69) is 27.5 Å². The van der Waals surface area contributed by atoms with Crippen LogP contribution in [0.3, 0.4) is 0 Å². The lowest BCUT2D eigenvalue weighted by Crippen LogP contribution is -2.60. The average molecular weight is 446 g/mol. The number of aromatic nitrogens is 1. The molecule has 33 heavy (non-hydrogen) atoms. The molecule has 0 radical (unpaired) electrons. The third-order valence-corrected chi connectivity index (χ3v) is 5.44. The molecule has 2 heterocycles. The van der Waals surface area contributed by atoms with Crippen molar-refractivity contribution >= 4 is 5.96 Å². The number of nitrogens with zero attached hydrogens (tertiary/aromatic N) is 2. The van der Waals surface area contributed by atoms with Crippen molar-refractivity contribution in [2.45, 2.75) is 45.4 Å². The van der Waals surface area contributed by atoms with E-state index in [1.165, 1.54) is 0 Å². The molecule has 1 aliphatic rings. The zero-order valence-electron chi connectivity index (χ0n) is 19.2. The number of aliphatic imine (C=N–C) groups is 1. The number of hydrogen-bond donors (Lipinski definition) is 3. The van der Waals surface area contributed by atoms with Gasteiger partial charge < -0.3 is 25.5 Å². The van der Waals surface area contributed by atoms with Crippen LogP contribution >= 0.6 is 0 Å². The van der Waals surface area contributed by atoms with E-state index in [9.17, 15) is 0 Å². The van der Waals surface area contributed by atoms with Gasteiger partial charge in [-0.25, -0.2) is 9.98 Å². The molecule has 0 saturated carbocycles. The highest BCUT2D eigenvalue weighted by Crippen LogP contribution is 2.26. The van der Waals surface area contributed by atoms with Gasteiger partial charge in [0.25, 0.3) is 0 Å². The SMILES string of the molecule is CCCCNC1=NC=CC(N)(Cc2oc(-c3ccc(OCc4ccccc4)cc3)nc2C)N1. The first kappa shape index (κ1) is 22.6. The smallest absolute Gasteiger partial charge is 0.226 e. The van der Waals surface area contributed by atoms with Crippen molar-refractivity contribution in [3.8, 4) is 17.2 Å². The Kier molecular flexibility index (Phi) is 7.10. The van der Waals surface area contributed by atoms with E-state index in [-0.39, 0.29) is 0 Å². The second-order valence-corrected chi connectivity index (χ2v) is 8.24. The van der Waals surface area contributed by atoms with Crippen LogP contribution in [0.5, 0.6) is 5.75 Å². The van der Waals surface area contributed by atoms with Gasteiger partial charge in [-0.15, -0.1) is 0 Å². The summed E-state index contributed by atoms with van der Waals surface area (Å²) in [7, 11) is 0. The number of benzene rings is 2. The van der Waals surface area contributed by atoms with Gasteiger partial charge in [-0.3, -0.25) is 0 Å². The normalized spacial score (nSPS) is 17.4. The monoisotopic (exact) mass is 445 g/mol. The molecule has 1 aromatic heterocycles. The number of unbranched alkanes of at least 4 members (excludes halogenated alkanes) is 1. The summed E-state index contributed by atoms with van der Waals surface area (Å²) in [5.74, 6) is 2.78. The molecule has 4 rings (SSSR count).